The lowest BCUT2D eigenvalue weighted by molar-refractivity contribution is -0.129. The zero-order valence-electron chi connectivity index (χ0n) is 8.35. The van der Waals surface area contributed by atoms with Crippen molar-refractivity contribution in [1.29, 1.82) is 0 Å². The lowest BCUT2D eigenvalue weighted by atomic mass is 10.3. The van der Waals surface area contributed by atoms with Gasteiger partial charge in [0.15, 0.2) is 0 Å². The average Bonchev–Trinajstić information content (AvgIpc) is 2.11. The van der Waals surface area contributed by atoms with Crippen molar-refractivity contribution in [3.05, 3.63) is 23.8 Å². The van der Waals surface area contributed by atoms with Gasteiger partial charge >= 0.3 is 6.18 Å². The van der Waals surface area contributed by atoms with Crippen molar-refractivity contribution < 1.29 is 26.2 Å². The largest absolute Gasteiger partial charge is 0.399 e. The average molecular weight is 273 g/mol. The van der Waals surface area contributed by atoms with E-state index in [1.807, 2.05) is 0 Å². The molecule has 0 bridgehead atoms. The lowest BCUT2D eigenvalue weighted by Crippen LogP contribution is -2.14. The highest BCUT2D eigenvalue weighted by Gasteiger charge is 2.29. The van der Waals surface area contributed by atoms with Crippen LogP contribution >= 0.6 is 0 Å². The molecule has 0 aliphatic rings. The SMILES string of the molecule is Nc1cc(F)c(S(=O)CCC(F)(F)F)c(F)c1. The Balaban J connectivity index is 2.90. The van der Waals surface area contributed by atoms with E-state index in [9.17, 15) is 26.2 Å². The van der Waals surface area contributed by atoms with Crippen molar-refractivity contribution in [3.8, 4) is 0 Å². The van der Waals surface area contributed by atoms with E-state index in [2.05, 4.69) is 0 Å². The van der Waals surface area contributed by atoms with Crippen LogP contribution in [0, 0.1) is 11.6 Å². The topological polar surface area (TPSA) is 43.1 Å². The van der Waals surface area contributed by atoms with E-state index in [0.717, 1.165) is 0 Å². The number of hydrogen-bond donors (Lipinski definition) is 1. The molecule has 2 nitrogen and oxygen atoms in total. The van der Waals surface area contributed by atoms with E-state index < -0.39 is 45.7 Å². The summed E-state index contributed by atoms with van der Waals surface area (Å²) < 4.78 is 73.3. The van der Waals surface area contributed by atoms with Gasteiger partial charge in [-0.15, -0.1) is 0 Å². The fourth-order valence-electron chi connectivity index (χ4n) is 1.11. The van der Waals surface area contributed by atoms with E-state index in [1.165, 1.54) is 0 Å². The molecule has 0 aliphatic carbocycles. The van der Waals surface area contributed by atoms with Crippen molar-refractivity contribution >= 4 is 16.5 Å². The second-order valence-electron chi connectivity index (χ2n) is 3.23. The predicted octanol–water partition coefficient (Wildman–Crippen LogP) is 2.61. The molecule has 0 saturated heterocycles. The Bertz CT molecular complexity index is 422. The minimum Gasteiger partial charge on any atom is -0.399 e. The minimum absolute atomic E-state index is 0.225. The van der Waals surface area contributed by atoms with Crippen LogP contribution in [-0.2, 0) is 10.8 Å². The summed E-state index contributed by atoms with van der Waals surface area (Å²) in [6, 6.07) is 1.42. The predicted molar refractivity (Wildman–Crippen MR) is 52.7 cm³/mol. The van der Waals surface area contributed by atoms with Crippen LogP contribution in [0.5, 0.6) is 0 Å². The van der Waals surface area contributed by atoms with Crippen LogP contribution in [0.4, 0.5) is 27.6 Å². The Labute approximate surface area is 96.1 Å². The highest BCUT2D eigenvalue weighted by molar-refractivity contribution is 7.85. The van der Waals surface area contributed by atoms with E-state index >= 15 is 0 Å². The molecule has 1 unspecified atom stereocenters. The summed E-state index contributed by atoms with van der Waals surface area (Å²) >= 11 is 0. The van der Waals surface area contributed by atoms with Gasteiger partial charge in [0.2, 0.25) is 0 Å². The molecule has 0 radical (unpaired) electrons. The van der Waals surface area contributed by atoms with Gasteiger partial charge in [0.1, 0.15) is 16.5 Å². The number of anilines is 1. The molecular formula is C9H8F5NOS. The molecule has 0 heterocycles. The maximum absolute atomic E-state index is 13.2. The summed E-state index contributed by atoms with van der Waals surface area (Å²) in [5, 5.41) is 0. The summed E-state index contributed by atoms with van der Waals surface area (Å²) in [5.74, 6) is -3.30. The van der Waals surface area contributed by atoms with E-state index in [-0.39, 0.29) is 5.69 Å². The first-order valence-electron chi connectivity index (χ1n) is 4.40. The van der Waals surface area contributed by atoms with Crippen LogP contribution in [0.1, 0.15) is 6.42 Å². The zero-order valence-corrected chi connectivity index (χ0v) is 9.17. The standard InChI is InChI=1S/C9H8F5NOS/c10-6-3-5(15)4-7(11)8(6)17(16)2-1-9(12,13)14/h3-4H,1-2,15H2. The number of alkyl halides is 3. The van der Waals surface area contributed by atoms with Gasteiger partial charge in [-0.05, 0) is 12.1 Å². The Morgan fingerprint density at radius 1 is 1.18 bits per heavy atom. The first kappa shape index (κ1) is 13.9. The smallest absolute Gasteiger partial charge is 0.390 e. The van der Waals surface area contributed by atoms with E-state index in [1.54, 1.807) is 0 Å². The molecule has 8 heteroatoms. The molecule has 2 N–H and O–H groups in total. The summed E-state index contributed by atoms with van der Waals surface area (Å²) in [6.07, 6.45) is -5.89. The Morgan fingerprint density at radius 3 is 2.06 bits per heavy atom. The highest BCUT2D eigenvalue weighted by atomic mass is 32.2. The molecule has 96 valence electrons. The second-order valence-corrected chi connectivity index (χ2v) is 4.74. The quantitative estimate of drug-likeness (QED) is 0.679. The maximum atomic E-state index is 13.2. The van der Waals surface area contributed by atoms with Crippen molar-refractivity contribution in [2.45, 2.75) is 17.5 Å². The van der Waals surface area contributed by atoms with Crippen LogP contribution in [0.15, 0.2) is 17.0 Å². The molecule has 1 aromatic carbocycles. The van der Waals surface area contributed by atoms with Crippen LogP contribution < -0.4 is 5.73 Å². The molecule has 0 saturated carbocycles. The monoisotopic (exact) mass is 273 g/mol. The number of nitrogens with two attached hydrogens (primary N) is 1. The third-order valence-electron chi connectivity index (χ3n) is 1.82. The molecule has 0 aromatic heterocycles. The highest BCUT2D eigenvalue weighted by Crippen LogP contribution is 2.24. The second kappa shape index (κ2) is 4.99. The molecule has 1 atom stereocenters. The first-order chi connectivity index (χ1) is 7.70. The fourth-order valence-corrected chi connectivity index (χ4v) is 2.28. The summed E-state index contributed by atoms with van der Waals surface area (Å²) in [4.78, 5) is -0.872. The van der Waals surface area contributed by atoms with Gasteiger partial charge in [0.05, 0.1) is 17.2 Å². The molecular weight excluding hydrogens is 265 g/mol. The van der Waals surface area contributed by atoms with Crippen LogP contribution in [0.25, 0.3) is 0 Å². The van der Waals surface area contributed by atoms with Crippen LogP contribution in [0.3, 0.4) is 0 Å². The molecule has 0 aliphatic heterocycles. The van der Waals surface area contributed by atoms with Gasteiger partial charge in [-0.1, -0.05) is 0 Å². The number of halogens is 5. The summed E-state index contributed by atoms with van der Waals surface area (Å²) in [7, 11) is -2.39. The summed E-state index contributed by atoms with van der Waals surface area (Å²) in [6.45, 7) is 0. The number of nitrogen functional groups attached to an aromatic ring is 1. The van der Waals surface area contributed by atoms with Gasteiger partial charge in [-0.2, -0.15) is 13.2 Å². The van der Waals surface area contributed by atoms with E-state index in [0.29, 0.717) is 12.1 Å². The lowest BCUT2D eigenvalue weighted by Gasteiger charge is -2.08. The van der Waals surface area contributed by atoms with Crippen molar-refractivity contribution in [2.24, 2.45) is 0 Å². The van der Waals surface area contributed by atoms with Gasteiger partial charge in [0, 0.05) is 11.4 Å². The minimum atomic E-state index is -4.52. The maximum Gasteiger partial charge on any atom is 0.390 e. The third-order valence-corrected chi connectivity index (χ3v) is 3.24. The number of benzene rings is 1. The van der Waals surface area contributed by atoms with E-state index in [4.69, 9.17) is 5.73 Å². The number of rotatable bonds is 3. The molecule has 0 spiro atoms. The van der Waals surface area contributed by atoms with Gasteiger partial charge in [-0.3, -0.25) is 4.21 Å². The van der Waals surface area contributed by atoms with Crippen molar-refractivity contribution in [3.63, 3.8) is 0 Å². The molecule has 0 fully saturated rings. The molecule has 1 aromatic rings. The Morgan fingerprint density at radius 2 is 1.65 bits per heavy atom. The third kappa shape index (κ3) is 3.95. The van der Waals surface area contributed by atoms with Gasteiger partial charge in [0.25, 0.3) is 0 Å². The Kier molecular flexibility index (Phi) is 4.07. The molecule has 1 rings (SSSR count). The van der Waals surface area contributed by atoms with Crippen LogP contribution in [-0.4, -0.2) is 16.1 Å². The van der Waals surface area contributed by atoms with Gasteiger partial charge < -0.3 is 5.73 Å². The summed E-state index contributed by atoms with van der Waals surface area (Å²) in [5.41, 5.74) is 4.89. The number of hydrogen-bond acceptors (Lipinski definition) is 2. The zero-order chi connectivity index (χ0) is 13.2. The Hall–Kier alpha value is -1.18. The van der Waals surface area contributed by atoms with Crippen molar-refractivity contribution in [2.75, 3.05) is 11.5 Å². The molecule has 0 amide bonds. The van der Waals surface area contributed by atoms with Crippen LogP contribution in [0.2, 0.25) is 0 Å². The first-order valence-corrected chi connectivity index (χ1v) is 5.72. The van der Waals surface area contributed by atoms with Gasteiger partial charge in [-0.25, -0.2) is 8.78 Å². The fraction of sp³-hybridized carbons (Fsp3) is 0.333. The van der Waals surface area contributed by atoms with Crippen molar-refractivity contribution in [1.82, 2.24) is 0 Å². The molecule has 17 heavy (non-hydrogen) atoms. The normalized spacial score (nSPS) is 13.7.